The minimum atomic E-state index is -4.26. The third-order valence-corrected chi connectivity index (χ3v) is 3.79. The van der Waals surface area contributed by atoms with Crippen LogP contribution in [-0.4, -0.2) is 30.2 Å². The van der Waals surface area contributed by atoms with Gasteiger partial charge in [-0.05, 0) is 31.4 Å². The standard InChI is InChI=1S/C14H19F3N2/c1-10(18)12-7-8-19(9-12)13(14(15,16)17)11-5-3-2-4-6-11/h2-6,10,12-13H,7-9,18H2,1H3. The van der Waals surface area contributed by atoms with Crippen LogP contribution in [-0.2, 0) is 0 Å². The highest BCUT2D eigenvalue weighted by Gasteiger charge is 2.46. The van der Waals surface area contributed by atoms with Crippen molar-refractivity contribution in [2.24, 2.45) is 11.7 Å². The predicted octanol–water partition coefficient (Wildman–Crippen LogP) is 2.96. The van der Waals surface area contributed by atoms with Crippen LogP contribution in [0, 0.1) is 5.92 Å². The first kappa shape index (κ1) is 14.3. The van der Waals surface area contributed by atoms with Gasteiger partial charge < -0.3 is 5.73 Å². The Balaban J connectivity index is 2.21. The van der Waals surface area contributed by atoms with Crippen LogP contribution in [0.5, 0.6) is 0 Å². The van der Waals surface area contributed by atoms with Crippen LogP contribution in [0.3, 0.4) is 0 Å². The molecule has 19 heavy (non-hydrogen) atoms. The van der Waals surface area contributed by atoms with Gasteiger partial charge in [0.1, 0.15) is 6.04 Å². The second-order valence-corrected chi connectivity index (χ2v) is 5.26. The Kier molecular flexibility index (Phi) is 4.16. The van der Waals surface area contributed by atoms with Crippen LogP contribution in [0.1, 0.15) is 24.9 Å². The lowest BCUT2D eigenvalue weighted by atomic mass is 10.0. The molecule has 0 aliphatic carbocycles. The zero-order chi connectivity index (χ0) is 14.0. The van der Waals surface area contributed by atoms with Gasteiger partial charge in [0.05, 0.1) is 0 Å². The maximum Gasteiger partial charge on any atom is 0.408 e. The van der Waals surface area contributed by atoms with E-state index in [0.29, 0.717) is 18.7 Å². The van der Waals surface area contributed by atoms with Crippen LogP contribution in [0.15, 0.2) is 30.3 Å². The summed E-state index contributed by atoms with van der Waals surface area (Å²) in [5.74, 6) is 0.147. The van der Waals surface area contributed by atoms with Gasteiger partial charge in [0.15, 0.2) is 0 Å². The lowest BCUT2D eigenvalue weighted by Gasteiger charge is -2.30. The van der Waals surface area contributed by atoms with E-state index in [4.69, 9.17) is 5.73 Å². The van der Waals surface area contributed by atoms with Crippen molar-refractivity contribution in [1.29, 1.82) is 0 Å². The van der Waals surface area contributed by atoms with Gasteiger partial charge in [0.2, 0.25) is 0 Å². The molecule has 0 bridgehead atoms. The molecule has 1 aromatic carbocycles. The van der Waals surface area contributed by atoms with E-state index >= 15 is 0 Å². The quantitative estimate of drug-likeness (QED) is 0.916. The van der Waals surface area contributed by atoms with E-state index in [0.717, 1.165) is 6.42 Å². The van der Waals surface area contributed by atoms with E-state index in [9.17, 15) is 13.2 Å². The molecule has 5 heteroatoms. The molecule has 2 nitrogen and oxygen atoms in total. The van der Waals surface area contributed by atoms with E-state index in [2.05, 4.69) is 0 Å². The lowest BCUT2D eigenvalue weighted by Crippen LogP contribution is -2.38. The molecule has 2 rings (SSSR count). The summed E-state index contributed by atoms with van der Waals surface area (Å²) in [6.45, 7) is 2.72. The Labute approximate surface area is 111 Å². The summed E-state index contributed by atoms with van der Waals surface area (Å²) >= 11 is 0. The normalized spacial score (nSPS) is 24.4. The highest BCUT2D eigenvalue weighted by atomic mass is 19.4. The molecule has 3 unspecified atom stereocenters. The fourth-order valence-electron chi connectivity index (χ4n) is 2.72. The van der Waals surface area contributed by atoms with Crippen molar-refractivity contribution >= 4 is 0 Å². The molecule has 0 spiro atoms. The van der Waals surface area contributed by atoms with Crippen LogP contribution in [0.4, 0.5) is 13.2 Å². The summed E-state index contributed by atoms with van der Waals surface area (Å²) in [7, 11) is 0. The number of halogens is 3. The second kappa shape index (κ2) is 5.51. The van der Waals surface area contributed by atoms with Gasteiger partial charge in [-0.3, -0.25) is 4.90 Å². The van der Waals surface area contributed by atoms with Crippen molar-refractivity contribution in [2.75, 3.05) is 13.1 Å². The average Bonchev–Trinajstić information content (AvgIpc) is 2.78. The number of hydrogen-bond acceptors (Lipinski definition) is 2. The maximum atomic E-state index is 13.3. The van der Waals surface area contributed by atoms with Crippen molar-refractivity contribution in [2.45, 2.75) is 31.6 Å². The van der Waals surface area contributed by atoms with Crippen LogP contribution < -0.4 is 5.73 Å². The first-order chi connectivity index (χ1) is 8.89. The molecule has 2 N–H and O–H groups in total. The first-order valence-electron chi connectivity index (χ1n) is 6.51. The van der Waals surface area contributed by atoms with Crippen LogP contribution >= 0.6 is 0 Å². The Morgan fingerprint density at radius 1 is 1.26 bits per heavy atom. The molecule has 1 aliphatic rings. The van der Waals surface area contributed by atoms with Gasteiger partial charge in [-0.25, -0.2) is 0 Å². The highest BCUT2D eigenvalue weighted by molar-refractivity contribution is 5.21. The van der Waals surface area contributed by atoms with E-state index < -0.39 is 12.2 Å². The maximum absolute atomic E-state index is 13.3. The van der Waals surface area contributed by atoms with E-state index in [1.165, 1.54) is 17.0 Å². The van der Waals surface area contributed by atoms with Crippen molar-refractivity contribution in [1.82, 2.24) is 4.90 Å². The monoisotopic (exact) mass is 272 g/mol. The molecule has 0 saturated carbocycles. The number of likely N-dealkylation sites (tertiary alicyclic amines) is 1. The molecule has 0 amide bonds. The summed E-state index contributed by atoms with van der Waals surface area (Å²) in [6.07, 6.45) is -3.52. The van der Waals surface area contributed by atoms with Gasteiger partial charge in [-0.2, -0.15) is 13.2 Å². The number of hydrogen-bond donors (Lipinski definition) is 1. The van der Waals surface area contributed by atoms with E-state index in [1.54, 1.807) is 18.2 Å². The Bertz CT molecular complexity index is 403. The molecular formula is C14H19F3N2. The van der Waals surface area contributed by atoms with E-state index in [1.807, 2.05) is 6.92 Å². The molecule has 106 valence electrons. The van der Waals surface area contributed by atoms with Crippen molar-refractivity contribution < 1.29 is 13.2 Å². The van der Waals surface area contributed by atoms with Crippen molar-refractivity contribution in [3.05, 3.63) is 35.9 Å². The van der Waals surface area contributed by atoms with Crippen LogP contribution in [0.25, 0.3) is 0 Å². The molecule has 0 aromatic heterocycles. The Morgan fingerprint density at radius 3 is 2.37 bits per heavy atom. The van der Waals surface area contributed by atoms with Gasteiger partial charge in [0.25, 0.3) is 0 Å². The van der Waals surface area contributed by atoms with Crippen molar-refractivity contribution in [3.63, 3.8) is 0 Å². The largest absolute Gasteiger partial charge is 0.408 e. The van der Waals surface area contributed by atoms with Crippen molar-refractivity contribution in [3.8, 4) is 0 Å². The summed E-state index contributed by atoms with van der Waals surface area (Å²) < 4.78 is 39.9. The minimum Gasteiger partial charge on any atom is -0.328 e. The molecule has 1 aromatic rings. The topological polar surface area (TPSA) is 29.3 Å². The van der Waals surface area contributed by atoms with Gasteiger partial charge in [0, 0.05) is 12.6 Å². The summed E-state index contributed by atoms with van der Waals surface area (Å²) in [5.41, 5.74) is 6.11. The highest BCUT2D eigenvalue weighted by Crippen LogP contribution is 2.40. The number of alkyl halides is 3. The lowest BCUT2D eigenvalue weighted by molar-refractivity contribution is -0.184. The predicted molar refractivity (Wildman–Crippen MR) is 68.6 cm³/mol. The first-order valence-corrected chi connectivity index (χ1v) is 6.51. The fraction of sp³-hybridized carbons (Fsp3) is 0.571. The third-order valence-electron chi connectivity index (χ3n) is 3.79. The molecule has 3 atom stereocenters. The zero-order valence-corrected chi connectivity index (χ0v) is 10.9. The molecule has 0 radical (unpaired) electrons. The molecule has 1 fully saturated rings. The molecule has 1 heterocycles. The fourth-order valence-corrected chi connectivity index (χ4v) is 2.72. The molecule has 1 saturated heterocycles. The summed E-state index contributed by atoms with van der Waals surface area (Å²) in [6, 6.07) is 6.52. The zero-order valence-electron chi connectivity index (χ0n) is 10.9. The Morgan fingerprint density at radius 2 is 1.89 bits per heavy atom. The SMILES string of the molecule is CC(N)C1CCN(C(c2ccccc2)C(F)(F)F)C1. The number of rotatable bonds is 3. The van der Waals surface area contributed by atoms with Gasteiger partial charge >= 0.3 is 6.18 Å². The Hall–Kier alpha value is -1.07. The number of nitrogens with zero attached hydrogens (tertiary/aromatic N) is 1. The van der Waals surface area contributed by atoms with Gasteiger partial charge in [-0.15, -0.1) is 0 Å². The summed E-state index contributed by atoms with van der Waals surface area (Å²) in [5, 5.41) is 0. The minimum absolute atomic E-state index is 0.0605. The number of nitrogens with two attached hydrogens (primary N) is 1. The van der Waals surface area contributed by atoms with Crippen LogP contribution in [0.2, 0.25) is 0 Å². The molecule has 1 aliphatic heterocycles. The van der Waals surface area contributed by atoms with E-state index in [-0.39, 0.29) is 12.0 Å². The van der Waals surface area contributed by atoms with Gasteiger partial charge in [-0.1, -0.05) is 30.3 Å². The third kappa shape index (κ3) is 3.28. The number of benzene rings is 1. The average molecular weight is 272 g/mol. The molecular weight excluding hydrogens is 253 g/mol. The second-order valence-electron chi connectivity index (χ2n) is 5.26. The smallest absolute Gasteiger partial charge is 0.328 e. The summed E-state index contributed by atoms with van der Waals surface area (Å²) in [4.78, 5) is 1.50.